The van der Waals surface area contributed by atoms with E-state index in [4.69, 9.17) is 4.74 Å². The van der Waals surface area contributed by atoms with Gasteiger partial charge in [-0.05, 0) is 50.5 Å². The van der Waals surface area contributed by atoms with Gasteiger partial charge >= 0.3 is 5.97 Å². The zero-order valence-electron chi connectivity index (χ0n) is 14.7. The Morgan fingerprint density at radius 2 is 1.93 bits per heavy atom. The Hall–Kier alpha value is -2.61. The summed E-state index contributed by atoms with van der Waals surface area (Å²) >= 11 is 1.25. The highest BCUT2D eigenvalue weighted by molar-refractivity contribution is 7.16. The molecule has 0 bridgehead atoms. The van der Waals surface area contributed by atoms with E-state index in [-0.39, 0.29) is 17.4 Å². The lowest BCUT2D eigenvalue weighted by Gasteiger charge is -2.08. The van der Waals surface area contributed by atoms with Crippen LogP contribution in [0.2, 0.25) is 0 Å². The summed E-state index contributed by atoms with van der Waals surface area (Å²) in [6.45, 7) is 2.78. The maximum atomic E-state index is 13.7. The van der Waals surface area contributed by atoms with Gasteiger partial charge in [0.05, 0.1) is 11.1 Å². The van der Waals surface area contributed by atoms with Gasteiger partial charge in [-0.2, -0.15) is 0 Å². The van der Waals surface area contributed by atoms with Crippen LogP contribution in [0.25, 0.3) is 0 Å². The van der Waals surface area contributed by atoms with Crippen LogP contribution in [-0.2, 0) is 9.53 Å². The molecule has 1 aliphatic carbocycles. The lowest BCUT2D eigenvalue weighted by molar-refractivity contribution is -0.117. The van der Waals surface area contributed by atoms with E-state index >= 15 is 0 Å². The second kappa shape index (κ2) is 7.56. The summed E-state index contributed by atoms with van der Waals surface area (Å²) < 4.78 is 31.9. The molecule has 0 spiro atoms. The lowest BCUT2D eigenvalue weighted by Crippen LogP contribution is -2.18. The predicted molar refractivity (Wildman–Crippen MR) is 96.1 cm³/mol. The van der Waals surface area contributed by atoms with Crippen LogP contribution < -0.4 is 5.32 Å². The molecule has 27 heavy (non-hydrogen) atoms. The van der Waals surface area contributed by atoms with Crippen LogP contribution in [0.3, 0.4) is 0 Å². The SMILES string of the molecule is Cc1sc(NC(=O)C2CC2)c(C(=O)OCC(=O)c2cc(F)ccc2F)c1C. The molecule has 0 unspecified atom stereocenters. The number of anilines is 1. The summed E-state index contributed by atoms with van der Waals surface area (Å²) in [5.41, 5.74) is 0.336. The van der Waals surface area contributed by atoms with Crippen LogP contribution in [0.15, 0.2) is 18.2 Å². The number of ketones is 1. The topological polar surface area (TPSA) is 72.5 Å². The summed E-state index contributed by atoms with van der Waals surface area (Å²) in [7, 11) is 0. The number of thiophene rings is 1. The number of carbonyl (C=O) groups excluding carboxylic acids is 3. The van der Waals surface area contributed by atoms with Crippen molar-refractivity contribution in [3.8, 4) is 0 Å². The Bertz CT molecular complexity index is 934. The standard InChI is InChI=1S/C19H17F2NO4S/c1-9-10(2)27-18(22-17(24)11-3-4-11)16(9)19(25)26-8-15(23)13-7-12(20)5-6-14(13)21/h5-7,11H,3-4,8H2,1-2H3,(H,22,24). The highest BCUT2D eigenvalue weighted by Gasteiger charge is 2.32. The van der Waals surface area contributed by atoms with Gasteiger partial charge in [0.2, 0.25) is 11.7 Å². The van der Waals surface area contributed by atoms with Gasteiger partial charge in [0, 0.05) is 10.8 Å². The molecule has 8 heteroatoms. The van der Waals surface area contributed by atoms with Crippen molar-refractivity contribution in [3.63, 3.8) is 0 Å². The number of hydrogen-bond acceptors (Lipinski definition) is 5. The van der Waals surface area contributed by atoms with E-state index in [2.05, 4.69) is 5.32 Å². The van der Waals surface area contributed by atoms with Crippen molar-refractivity contribution < 1.29 is 27.9 Å². The fraction of sp³-hybridized carbons (Fsp3) is 0.316. The molecule has 0 atom stereocenters. The van der Waals surface area contributed by atoms with Gasteiger partial charge in [-0.3, -0.25) is 9.59 Å². The van der Waals surface area contributed by atoms with Crippen molar-refractivity contribution in [2.75, 3.05) is 11.9 Å². The van der Waals surface area contributed by atoms with Gasteiger partial charge in [-0.15, -0.1) is 11.3 Å². The molecule has 1 heterocycles. The van der Waals surface area contributed by atoms with Gasteiger partial charge in [0.25, 0.3) is 0 Å². The third kappa shape index (κ3) is 4.21. The predicted octanol–water partition coefficient (Wildman–Crippen LogP) is 4.03. The Labute approximate surface area is 158 Å². The second-order valence-electron chi connectivity index (χ2n) is 6.37. The van der Waals surface area contributed by atoms with Gasteiger partial charge in [0.1, 0.15) is 16.6 Å². The molecule has 0 radical (unpaired) electrons. The highest BCUT2D eigenvalue weighted by Crippen LogP contribution is 2.36. The molecule has 0 aliphatic heterocycles. The van der Waals surface area contributed by atoms with E-state index in [1.165, 1.54) is 11.3 Å². The van der Waals surface area contributed by atoms with Crippen LogP contribution >= 0.6 is 11.3 Å². The van der Waals surface area contributed by atoms with Crippen molar-refractivity contribution in [2.24, 2.45) is 5.92 Å². The summed E-state index contributed by atoms with van der Waals surface area (Å²) in [4.78, 5) is 37.4. The lowest BCUT2D eigenvalue weighted by atomic mass is 10.1. The van der Waals surface area contributed by atoms with Crippen molar-refractivity contribution in [1.29, 1.82) is 0 Å². The van der Waals surface area contributed by atoms with Crippen LogP contribution in [-0.4, -0.2) is 24.3 Å². The molecule has 1 N–H and O–H groups in total. The van der Waals surface area contributed by atoms with Crippen LogP contribution in [0.1, 0.15) is 44.0 Å². The molecule has 1 aromatic heterocycles. The zero-order valence-corrected chi connectivity index (χ0v) is 15.5. The number of amides is 1. The van der Waals surface area contributed by atoms with Gasteiger partial charge in [-0.1, -0.05) is 0 Å². The number of Topliss-reactive ketones (excluding diaryl/α,β-unsaturated/α-hetero) is 1. The number of esters is 1. The maximum Gasteiger partial charge on any atom is 0.341 e. The Morgan fingerprint density at radius 3 is 2.59 bits per heavy atom. The second-order valence-corrected chi connectivity index (χ2v) is 7.60. The van der Waals surface area contributed by atoms with Crippen molar-refractivity contribution >= 4 is 34.0 Å². The number of rotatable bonds is 6. The third-order valence-electron chi connectivity index (χ3n) is 4.34. The summed E-state index contributed by atoms with van der Waals surface area (Å²) in [6.07, 6.45) is 1.64. The molecule has 142 valence electrons. The van der Waals surface area contributed by atoms with Crippen LogP contribution in [0, 0.1) is 31.4 Å². The Balaban J connectivity index is 1.73. The molecule has 2 aromatic rings. The molecule has 1 amide bonds. The fourth-order valence-corrected chi connectivity index (χ4v) is 3.56. The van der Waals surface area contributed by atoms with Crippen molar-refractivity contribution in [1.82, 2.24) is 0 Å². The van der Waals surface area contributed by atoms with Gasteiger partial charge in [0.15, 0.2) is 6.61 Å². The van der Waals surface area contributed by atoms with E-state index in [1.54, 1.807) is 13.8 Å². The summed E-state index contributed by atoms with van der Waals surface area (Å²) in [5, 5.41) is 3.11. The Kier molecular flexibility index (Phi) is 5.36. The van der Waals surface area contributed by atoms with E-state index in [9.17, 15) is 23.2 Å². The monoisotopic (exact) mass is 393 g/mol. The normalized spacial score (nSPS) is 13.3. The molecule has 1 aromatic carbocycles. The number of nitrogens with one attached hydrogen (secondary N) is 1. The van der Waals surface area contributed by atoms with E-state index in [0.29, 0.717) is 10.6 Å². The fourth-order valence-electron chi connectivity index (χ4n) is 2.51. The van der Waals surface area contributed by atoms with E-state index in [0.717, 1.165) is 35.9 Å². The minimum atomic E-state index is -0.891. The average molecular weight is 393 g/mol. The number of carbonyl (C=O) groups is 3. The molecule has 5 nitrogen and oxygen atoms in total. The number of hydrogen-bond donors (Lipinski definition) is 1. The molecule has 1 fully saturated rings. The molecule has 1 saturated carbocycles. The molecule has 1 aliphatic rings. The highest BCUT2D eigenvalue weighted by atomic mass is 32.1. The molecule has 0 saturated heterocycles. The Morgan fingerprint density at radius 1 is 1.22 bits per heavy atom. The van der Waals surface area contributed by atoms with Crippen LogP contribution in [0.4, 0.5) is 13.8 Å². The number of halogens is 2. The van der Waals surface area contributed by atoms with E-state index < -0.39 is 35.6 Å². The third-order valence-corrected chi connectivity index (χ3v) is 5.46. The van der Waals surface area contributed by atoms with E-state index in [1.807, 2.05) is 0 Å². The molecular formula is C19H17F2NO4S. The van der Waals surface area contributed by atoms with Gasteiger partial charge in [-0.25, -0.2) is 13.6 Å². The number of aryl methyl sites for hydroxylation is 1. The van der Waals surface area contributed by atoms with Crippen molar-refractivity contribution in [3.05, 3.63) is 51.4 Å². The number of benzene rings is 1. The van der Waals surface area contributed by atoms with Gasteiger partial charge < -0.3 is 10.1 Å². The smallest absolute Gasteiger partial charge is 0.341 e. The molecule has 3 rings (SSSR count). The first-order valence-corrected chi connectivity index (χ1v) is 9.15. The quantitative estimate of drug-likeness (QED) is 0.594. The van der Waals surface area contributed by atoms with Crippen molar-refractivity contribution in [2.45, 2.75) is 26.7 Å². The van der Waals surface area contributed by atoms with Crippen LogP contribution in [0.5, 0.6) is 0 Å². The summed E-state index contributed by atoms with van der Waals surface area (Å²) in [5.74, 6) is -3.49. The largest absolute Gasteiger partial charge is 0.454 e. The molecular weight excluding hydrogens is 376 g/mol. The first-order valence-electron chi connectivity index (χ1n) is 8.34. The zero-order chi connectivity index (χ0) is 19.7. The first kappa shape index (κ1) is 19.2. The minimum absolute atomic E-state index is 0.0332. The minimum Gasteiger partial charge on any atom is -0.454 e. The summed E-state index contributed by atoms with van der Waals surface area (Å²) in [6, 6.07) is 2.49. The maximum absolute atomic E-state index is 13.7. The average Bonchev–Trinajstić information content (AvgIpc) is 3.43. The number of ether oxygens (including phenoxy) is 1. The first-order chi connectivity index (χ1) is 12.8.